The number of nitrogens with zero attached hydrogens (tertiary/aromatic N) is 1. The zero-order valence-corrected chi connectivity index (χ0v) is 14.2. The second-order valence-electron chi connectivity index (χ2n) is 7.64. The molecule has 0 aromatic carbocycles. The predicted octanol–water partition coefficient (Wildman–Crippen LogP) is 3.55. The molecule has 4 heteroatoms. The number of hydrogen-bond acceptors (Lipinski definition) is 3. The number of carbonyl (C=O) groups is 1. The lowest BCUT2D eigenvalue weighted by Gasteiger charge is -2.34. The first kappa shape index (κ1) is 16.6. The van der Waals surface area contributed by atoms with Gasteiger partial charge in [-0.2, -0.15) is 0 Å². The molecular formula is C17H32N2O2. The molecule has 1 N–H and O–H groups in total. The van der Waals surface area contributed by atoms with Crippen molar-refractivity contribution in [3.8, 4) is 0 Å². The van der Waals surface area contributed by atoms with Crippen molar-refractivity contribution in [1.29, 1.82) is 0 Å². The van der Waals surface area contributed by atoms with Gasteiger partial charge in [-0.15, -0.1) is 0 Å². The fraction of sp³-hybridized carbons (Fsp3) is 0.941. The third-order valence-electron chi connectivity index (χ3n) is 4.72. The van der Waals surface area contributed by atoms with Gasteiger partial charge in [0.15, 0.2) is 0 Å². The highest BCUT2D eigenvalue weighted by Gasteiger charge is 2.32. The Balaban J connectivity index is 1.80. The lowest BCUT2D eigenvalue weighted by Crippen LogP contribution is -2.46. The Bertz CT molecular complexity index is 351. The quantitative estimate of drug-likeness (QED) is 0.866. The summed E-state index contributed by atoms with van der Waals surface area (Å²) in [6, 6.07) is 1.09. The number of ether oxygens (including phenoxy) is 1. The minimum absolute atomic E-state index is 0.164. The maximum absolute atomic E-state index is 12.1. The minimum Gasteiger partial charge on any atom is -0.444 e. The predicted molar refractivity (Wildman–Crippen MR) is 85.4 cm³/mol. The van der Waals surface area contributed by atoms with Crippen LogP contribution in [0.1, 0.15) is 66.2 Å². The second kappa shape index (κ2) is 6.99. The molecule has 0 spiro atoms. The normalized spacial score (nSPS) is 30.5. The number of nitrogens with one attached hydrogen (secondary N) is 1. The molecule has 0 aromatic heterocycles. The number of likely N-dealkylation sites (tertiary alicyclic amines) is 1. The number of rotatable bonds is 3. The SMILES string of the molecule is CCC1CCCCC1NC1CCN(C(=O)OC(C)(C)C)C1. The molecule has 21 heavy (non-hydrogen) atoms. The Labute approximate surface area is 129 Å². The largest absolute Gasteiger partial charge is 0.444 e. The number of amides is 1. The second-order valence-corrected chi connectivity index (χ2v) is 7.64. The summed E-state index contributed by atoms with van der Waals surface area (Å²) in [6.45, 7) is 9.67. The van der Waals surface area contributed by atoms with Crippen molar-refractivity contribution >= 4 is 6.09 Å². The van der Waals surface area contributed by atoms with E-state index in [9.17, 15) is 4.79 Å². The van der Waals surface area contributed by atoms with Gasteiger partial charge in [-0.3, -0.25) is 0 Å². The number of carbonyl (C=O) groups excluding carboxylic acids is 1. The van der Waals surface area contributed by atoms with E-state index < -0.39 is 5.60 Å². The lowest BCUT2D eigenvalue weighted by atomic mass is 9.82. The van der Waals surface area contributed by atoms with Crippen LogP contribution in [0.5, 0.6) is 0 Å². The van der Waals surface area contributed by atoms with Crippen LogP contribution in [0.25, 0.3) is 0 Å². The van der Waals surface area contributed by atoms with Crippen molar-refractivity contribution in [2.45, 2.75) is 83.9 Å². The molecule has 0 bridgehead atoms. The highest BCUT2D eigenvalue weighted by atomic mass is 16.6. The molecule has 2 aliphatic rings. The van der Waals surface area contributed by atoms with Crippen LogP contribution in [0, 0.1) is 5.92 Å². The van der Waals surface area contributed by atoms with Gasteiger partial charge in [0.2, 0.25) is 0 Å². The third-order valence-corrected chi connectivity index (χ3v) is 4.72. The molecule has 1 saturated carbocycles. The van der Waals surface area contributed by atoms with Gasteiger partial charge in [0.25, 0.3) is 0 Å². The minimum atomic E-state index is -0.403. The zero-order valence-electron chi connectivity index (χ0n) is 14.2. The fourth-order valence-corrected chi connectivity index (χ4v) is 3.61. The summed E-state index contributed by atoms with van der Waals surface area (Å²) in [5, 5.41) is 3.82. The van der Waals surface area contributed by atoms with Crippen LogP contribution in [0.4, 0.5) is 4.79 Å². The van der Waals surface area contributed by atoms with Crippen molar-refractivity contribution in [2.75, 3.05) is 13.1 Å². The highest BCUT2D eigenvalue weighted by Crippen LogP contribution is 2.28. The molecule has 122 valence electrons. The molecule has 3 unspecified atom stereocenters. The average molecular weight is 296 g/mol. The van der Waals surface area contributed by atoms with Crippen molar-refractivity contribution in [3.05, 3.63) is 0 Å². The van der Waals surface area contributed by atoms with Crippen LogP contribution in [0.15, 0.2) is 0 Å². The Hall–Kier alpha value is -0.770. The van der Waals surface area contributed by atoms with Crippen molar-refractivity contribution in [3.63, 3.8) is 0 Å². The highest BCUT2D eigenvalue weighted by molar-refractivity contribution is 5.68. The maximum atomic E-state index is 12.1. The first-order valence-electron chi connectivity index (χ1n) is 8.63. The lowest BCUT2D eigenvalue weighted by molar-refractivity contribution is 0.0289. The summed E-state index contributed by atoms with van der Waals surface area (Å²) >= 11 is 0. The summed E-state index contributed by atoms with van der Waals surface area (Å²) in [5.41, 5.74) is -0.403. The van der Waals surface area contributed by atoms with Crippen LogP contribution < -0.4 is 5.32 Å². The van der Waals surface area contributed by atoms with Gasteiger partial charge in [0, 0.05) is 25.2 Å². The van der Waals surface area contributed by atoms with E-state index in [-0.39, 0.29) is 6.09 Å². The Morgan fingerprint density at radius 3 is 2.62 bits per heavy atom. The van der Waals surface area contributed by atoms with Crippen molar-refractivity contribution in [2.24, 2.45) is 5.92 Å². The number of hydrogen-bond donors (Lipinski definition) is 1. The van der Waals surface area contributed by atoms with Crippen LogP contribution in [0.3, 0.4) is 0 Å². The molecule has 1 amide bonds. The maximum Gasteiger partial charge on any atom is 0.410 e. The Morgan fingerprint density at radius 2 is 1.95 bits per heavy atom. The molecule has 0 radical (unpaired) electrons. The molecule has 1 saturated heterocycles. The first-order chi connectivity index (χ1) is 9.89. The zero-order chi connectivity index (χ0) is 15.5. The van der Waals surface area contributed by atoms with E-state index in [1.165, 1.54) is 32.1 Å². The van der Waals surface area contributed by atoms with Gasteiger partial charge in [-0.1, -0.05) is 26.2 Å². The topological polar surface area (TPSA) is 41.6 Å². The molecule has 3 atom stereocenters. The first-order valence-corrected chi connectivity index (χ1v) is 8.63. The van der Waals surface area contributed by atoms with Crippen LogP contribution in [-0.4, -0.2) is 41.8 Å². The molecule has 2 rings (SSSR count). The molecule has 0 aromatic rings. The van der Waals surface area contributed by atoms with E-state index in [0.717, 1.165) is 25.4 Å². The van der Waals surface area contributed by atoms with Gasteiger partial charge < -0.3 is 15.0 Å². The summed E-state index contributed by atoms with van der Waals surface area (Å²) in [4.78, 5) is 13.9. The van der Waals surface area contributed by atoms with Crippen LogP contribution in [-0.2, 0) is 4.74 Å². The summed E-state index contributed by atoms with van der Waals surface area (Å²) in [7, 11) is 0. The third kappa shape index (κ3) is 4.87. The molecule has 1 aliphatic carbocycles. The fourth-order valence-electron chi connectivity index (χ4n) is 3.61. The Morgan fingerprint density at radius 1 is 1.24 bits per heavy atom. The molecular weight excluding hydrogens is 264 g/mol. The monoisotopic (exact) mass is 296 g/mol. The van der Waals surface area contributed by atoms with Crippen molar-refractivity contribution < 1.29 is 9.53 Å². The van der Waals surface area contributed by atoms with E-state index in [4.69, 9.17) is 4.74 Å². The molecule has 1 heterocycles. The van der Waals surface area contributed by atoms with E-state index in [1.807, 2.05) is 25.7 Å². The van der Waals surface area contributed by atoms with E-state index >= 15 is 0 Å². The van der Waals surface area contributed by atoms with Gasteiger partial charge in [-0.05, 0) is 46.0 Å². The Kier molecular flexibility index (Phi) is 5.53. The van der Waals surface area contributed by atoms with E-state index in [1.54, 1.807) is 0 Å². The van der Waals surface area contributed by atoms with Gasteiger partial charge in [0.1, 0.15) is 5.60 Å². The summed E-state index contributed by atoms with van der Waals surface area (Å²) in [6.07, 6.45) is 7.52. The van der Waals surface area contributed by atoms with Crippen molar-refractivity contribution in [1.82, 2.24) is 10.2 Å². The summed E-state index contributed by atoms with van der Waals surface area (Å²) in [5.74, 6) is 0.814. The molecule has 4 nitrogen and oxygen atoms in total. The standard InChI is InChI=1S/C17H32N2O2/c1-5-13-8-6-7-9-15(13)18-14-10-11-19(12-14)16(20)21-17(2,3)4/h13-15,18H,5-12H2,1-4H3. The van der Waals surface area contributed by atoms with Crippen LogP contribution >= 0.6 is 0 Å². The van der Waals surface area contributed by atoms with E-state index in [0.29, 0.717) is 12.1 Å². The van der Waals surface area contributed by atoms with E-state index in [2.05, 4.69) is 12.2 Å². The van der Waals surface area contributed by atoms with Gasteiger partial charge >= 0.3 is 6.09 Å². The average Bonchev–Trinajstić information content (AvgIpc) is 2.86. The van der Waals surface area contributed by atoms with Crippen LogP contribution in [0.2, 0.25) is 0 Å². The van der Waals surface area contributed by atoms with Gasteiger partial charge in [-0.25, -0.2) is 4.79 Å². The molecule has 2 fully saturated rings. The smallest absolute Gasteiger partial charge is 0.410 e. The van der Waals surface area contributed by atoms with Gasteiger partial charge in [0.05, 0.1) is 0 Å². The molecule has 1 aliphatic heterocycles. The summed E-state index contributed by atoms with van der Waals surface area (Å²) < 4.78 is 5.46.